The van der Waals surface area contributed by atoms with E-state index in [0.29, 0.717) is 12.2 Å². The van der Waals surface area contributed by atoms with Crippen LogP contribution < -0.4 is 14.5 Å². The van der Waals surface area contributed by atoms with Crippen LogP contribution in [0.25, 0.3) is 0 Å². The van der Waals surface area contributed by atoms with Crippen molar-refractivity contribution in [3.05, 3.63) is 89.0 Å². The fourth-order valence-corrected chi connectivity index (χ4v) is 5.94. The molecule has 0 atom stereocenters. The van der Waals surface area contributed by atoms with Crippen LogP contribution >= 0.6 is 0 Å². The molecule has 4 rings (SSSR count). The lowest BCUT2D eigenvalue weighted by Gasteiger charge is -2.26. The summed E-state index contributed by atoms with van der Waals surface area (Å²) in [5.74, 6) is -0.316. The number of nitrogens with zero attached hydrogens (tertiary/aromatic N) is 2. The molecule has 35 heavy (non-hydrogen) atoms. The number of amides is 1. The van der Waals surface area contributed by atoms with Crippen molar-refractivity contribution in [3.8, 4) is 0 Å². The molecule has 0 aliphatic carbocycles. The number of fused-ring (bicyclic) bond motifs is 1. The van der Waals surface area contributed by atoms with E-state index in [9.17, 15) is 13.2 Å². The van der Waals surface area contributed by atoms with Crippen molar-refractivity contribution in [3.63, 3.8) is 0 Å². The van der Waals surface area contributed by atoms with Crippen molar-refractivity contribution in [1.29, 1.82) is 0 Å². The number of benzene rings is 3. The van der Waals surface area contributed by atoms with Crippen LogP contribution in [0.3, 0.4) is 0 Å². The first-order valence-corrected chi connectivity index (χ1v) is 13.5. The minimum absolute atomic E-state index is 0.171. The molecule has 1 N–H and O–H groups in total. The van der Waals surface area contributed by atoms with Gasteiger partial charge < -0.3 is 10.2 Å². The number of para-hydroxylation sites is 1. The normalized spacial score (nSPS) is 12.9. The molecule has 0 saturated carbocycles. The molecule has 1 aliphatic heterocycles. The Bertz CT molecular complexity index is 1300. The number of carbonyl (C=O) groups excluding carboxylic acids is 1. The van der Waals surface area contributed by atoms with Crippen molar-refractivity contribution in [2.45, 2.75) is 38.5 Å². The largest absolute Gasteiger partial charge is 0.371 e. The maximum atomic E-state index is 13.6. The summed E-state index contributed by atoms with van der Waals surface area (Å²) in [5.41, 5.74) is 5.93. The average Bonchev–Trinajstić information content (AvgIpc) is 3.25. The summed E-state index contributed by atoms with van der Waals surface area (Å²) in [6, 6.07) is 20.6. The van der Waals surface area contributed by atoms with Gasteiger partial charge in [0.2, 0.25) is 5.91 Å². The fraction of sp³-hybridized carbons (Fsp3) is 0.321. The quantitative estimate of drug-likeness (QED) is 0.451. The number of hydrogen-bond acceptors (Lipinski definition) is 4. The van der Waals surface area contributed by atoms with E-state index in [0.717, 1.165) is 42.6 Å². The Kier molecular flexibility index (Phi) is 7.45. The highest BCUT2D eigenvalue weighted by atomic mass is 32.2. The molecule has 0 radical (unpaired) electrons. The number of rotatable bonds is 9. The number of hydrogen-bond donors (Lipinski definition) is 1. The monoisotopic (exact) mass is 491 g/mol. The van der Waals surface area contributed by atoms with Crippen LogP contribution in [0, 0.1) is 20.8 Å². The zero-order valence-electron chi connectivity index (χ0n) is 20.6. The molecule has 6 nitrogen and oxygen atoms in total. The van der Waals surface area contributed by atoms with Gasteiger partial charge in [-0.2, -0.15) is 0 Å². The maximum absolute atomic E-state index is 13.6. The summed E-state index contributed by atoms with van der Waals surface area (Å²) < 4.78 is 28.4. The third kappa shape index (κ3) is 5.51. The number of aryl methyl sites for hydroxylation is 2. The topological polar surface area (TPSA) is 69.7 Å². The fourth-order valence-electron chi connectivity index (χ4n) is 4.47. The first-order valence-electron chi connectivity index (χ1n) is 12.0. The first-order chi connectivity index (χ1) is 16.8. The van der Waals surface area contributed by atoms with Crippen LogP contribution in [0.2, 0.25) is 0 Å². The standard InChI is InChI=1S/C28H33N3O3S/c1-21-12-14-25(15-13-21)35(33,34)31(26-11-6-8-22(2)23(26)3)20-28(32)29-17-7-18-30-19-16-24-9-4-5-10-27(24)30/h4-6,8-15H,7,16-20H2,1-3H3,(H,29,32). The van der Waals surface area contributed by atoms with Crippen molar-refractivity contribution in [1.82, 2.24) is 5.32 Å². The van der Waals surface area contributed by atoms with Gasteiger partial charge in [-0.3, -0.25) is 9.10 Å². The number of sulfonamides is 1. The second-order valence-corrected chi connectivity index (χ2v) is 11.0. The van der Waals surface area contributed by atoms with Gasteiger partial charge in [0.25, 0.3) is 10.0 Å². The van der Waals surface area contributed by atoms with Crippen LogP contribution in [0.15, 0.2) is 71.6 Å². The van der Waals surface area contributed by atoms with Gasteiger partial charge in [0, 0.05) is 25.3 Å². The van der Waals surface area contributed by atoms with Gasteiger partial charge in [-0.05, 0) is 74.6 Å². The molecule has 0 unspecified atom stereocenters. The van der Waals surface area contributed by atoms with Crippen molar-refractivity contribution >= 4 is 27.3 Å². The Balaban J connectivity index is 1.44. The zero-order chi connectivity index (χ0) is 25.0. The molecule has 0 saturated heterocycles. The van der Waals surface area contributed by atoms with Crippen LogP contribution in [0.5, 0.6) is 0 Å². The van der Waals surface area contributed by atoms with E-state index >= 15 is 0 Å². The molecule has 3 aromatic carbocycles. The molecule has 1 aliphatic rings. The van der Waals surface area contributed by atoms with Crippen LogP contribution in [0.4, 0.5) is 11.4 Å². The Labute approximate surface area is 208 Å². The summed E-state index contributed by atoms with van der Waals surface area (Å²) in [6.45, 7) is 7.78. The second-order valence-electron chi connectivity index (χ2n) is 9.11. The minimum atomic E-state index is -3.92. The summed E-state index contributed by atoms with van der Waals surface area (Å²) >= 11 is 0. The molecule has 0 bridgehead atoms. The van der Waals surface area contributed by atoms with Gasteiger partial charge >= 0.3 is 0 Å². The maximum Gasteiger partial charge on any atom is 0.264 e. The van der Waals surface area contributed by atoms with Gasteiger partial charge in [0.15, 0.2) is 0 Å². The van der Waals surface area contributed by atoms with E-state index in [1.54, 1.807) is 30.3 Å². The van der Waals surface area contributed by atoms with Gasteiger partial charge in [0.05, 0.1) is 10.6 Å². The SMILES string of the molecule is Cc1ccc(S(=O)(=O)N(CC(=O)NCCCN2CCc3ccccc32)c2cccc(C)c2C)cc1. The molecular formula is C28H33N3O3S. The number of anilines is 2. The molecule has 1 amide bonds. The van der Waals surface area contributed by atoms with Crippen LogP contribution in [-0.2, 0) is 21.2 Å². The van der Waals surface area contributed by atoms with E-state index < -0.39 is 10.0 Å². The molecule has 0 aromatic heterocycles. The summed E-state index contributed by atoms with van der Waals surface area (Å²) in [4.78, 5) is 15.4. The lowest BCUT2D eigenvalue weighted by atomic mass is 10.1. The van der Waals surface area contributed by atoms with E-state index in [-0.39, 0.29) is 17.3 Å². The molecule has 3 aromatic rings. The van der Waals surface area contributed by atoms with Crippen molar-refractivity contribution in [2.75, 3.05) is 35.4 Å². The molecule has 1 heterocycles. The summed E-state index contributed by atoms with van der Waals surface area (Å²) in [6.07, 6.45) is 1.83. The van der Waals surface area contributed by atoms with Gasteiger partial charge in [0.1, 0.15) is 6.54 Å². The molecule has 0 fully saturated rings. The molecule has 7 heteroatoms. The smallest absolute Gasteiger partial charge is 0.264 e. The third-order valence-electron chi connectivity index (χ3n) is 6.65. The zero-order valence-corrected chi connectivity index (χ0v) is 21.4. The Morgan fingerprint density at radius 2 is 1.71 bits per heavy atom. The molecular weight excluding hydrogens is 458 g/mol. The Morgan fingerprint density at radius 1 is 0.971 bits per heavy atom. The van der Waals surface area contributed by atoms with Gasteiger partial charge in [-0.25, -0.2) is 8.42 Å². The lowest BCUT2D eigenvalue weighted by molar-refractivity contribution is -0.119. The molecule has 0 spiro atoms. The highest BCUT2D eigenvalue weighted by Gasteiger charge is 2.28. The highest BCUT2D eigenvalue weighted by Crippen LogP contribution is 2.29. The third-order valence-corrected chi connectivity index (χ3v) is 8.43. The van der Waals surface area contributed by atoms with Crippen LogP contribution in [-0.4, -0.2) is 40.5 Å². The minimum Gasteiger partial charge on any atom is -0.371 e. The predicted molar refractivity (Wildman–Crippen MR) is 142 cm³/mol. The van der Waals surface area contributed by atoms with Gasteiger partial charge in [-0.15, -0.1) is 0 Å². The van der Waals surface area contributed by atoms with Crippen molar-refractivity contribution in [2.24, 2.45) is 0 Å². The highest BCUT2D eigenvalue weighted by molar-refractivity contribution is 7.92. The number of carbonyl (C=O) groups is 1. The second kappa shape index (κ2) is 10.5. The lowest BCUT2D eigenvalue weighted by Crippen LogP contribution is -2.42. The van der Waals surface area contributed by atoms with E-state index in [2.05, 4.69) is 34.5 Å². The van der Waals surface area contributed by atoms with E-state index in [4.69, 9.17) is 0 Å². The van der Waals surface area contributed by atoms with E-state index in [1.165, 1.54) is 15.6 Å². The van der Waals surface area contributed by atoms with E-state index in [1.807, 2.05) is 32.9 Å². The van der Waals surface area contributed by atoms with Crippen LogP contribution in [0.1, 0.15) is 28.7 Å². The Morgan fingerprint density at radius 3 is 2.49 bits per heavy atom. The average molecular weight is 492 g/mol. The summed E-state index contributed by atoms with van der Waals surface area (Å²) in [7, 11) is -3.92. The van der Waals surface area contributed by atoms with Gasteiger partial charge in [-0.1, -0.05) is 48.0 Å². The Hall–Kier alpha value is -3.32. The molecule has 184 valence electrons. The van der Waals surface area contributed by atoms with Crippen molar-refractivity contribution < 1.29 is 13.2 Å². The number of nitrogens with one attached hydrogen (secondary N) is 1. The summed E-state index contributed by atoms with van der Waals surface area (Å²) in [5, 5.41) is 2.93. The predicted octanol–water partition coefficient (Wildman–Crippen LogP) is 4.38. The first kappa shape index (κ1) is 24.8.